The van der Waals surface area contributed by atoms with Crippen molar-refractivity contribution in [2.75, 3.05) is 31.7 Å². The Morgan fingerprint density at radius 1 is 1.17 bits per heavy atom. The van der Waals surface area contributed by atoms with E-state index in [2.05, 4.69) is 10.2 Å². The number of anilines is 1. The van der Waals surface area contributed by atoms with Crippen LogP contribution in [0.3, 0.4) is 0 Å². The van der Waals surface area contributed by atoms with Gasteiger partial charge in [-0.25, -0.2) is 4.39 Å². The van der Waals surface area contributed by atoms with E-state index in [4.69, 9.17) is 0 Å². The van der Waals surface area contributed by atoms with Crippen LogP contribution in [0, 0.1) is 11.7 Å². The summed E-state index contributed by atoms with van der Waals surface area (Å²) in [5.74, 6) is -0.289. The minimum absolute atomic E-state index is 0.0233. The molecule has 0 aromatic heterocycles. The molecule has 3 rings (SSSR count). The van der Waals surface area contributed by atoms with E-state index in [1.165, 1.54) is 12.1 Å². The minimum atomic E-state index is -0.250. The zero-order chi connectivity index (χ0) is 17.1. The van der Waals surface area contributed by atoms with Crippen LogP contribution in [0.1, 0.15) is 11.5 Å². The van der Waals surface area contributed by atoms with Crippen LogP contribution in [0.4, 0.5) is 10.1 Å². The number of amides is 1. The van der Waals surface area contributed by atoms with Gasteiger partial charge in [0.05, 0.1) is 11.6 Å². The van der Waals surface area contributed by atoms with Gasteiger partial charge >= 0.3 is 0 Å². The Balaban J connectivity index is 1.80. The lowest BCUT2D eigenvalue weighted by Gasteiger charge is -2.19. The zero-order valence-electron chi connectivity index (χ0n) is 13.8. The van der Waals surface area contributed by atoms with Gasteiger partial charge in [-0.3, -0.25) is 4.79 Å². The number of para-hydroxylation sites is 1. The zero-order valence-corrected chi connectivity index (χ0v) is 14.6. The van der Waals surface area contributed by atoms with Crippen molar-refractivity contribution in [1.82, 2.24) is 4.90 Å². The predicted molar refractivity (Wildman–Crippen MR) is 97.0 cm³/mol. The summed E-state index contributed by atoms with van der Waals surface area (Å²) in [4.78, 5) is 16.1. The van der Waals surface area contributed by atoms with Crippen molar-refractivity contribution in [1.29, 1.82) is 0 Å². The second-order valence-corrected chi connectivity index (χ2v) is 7.02. The first-order chi connectivity index (χ1) is 11.6. The summed E-state index contributed by atoms with van der Waals surface area (Å²) in [6.07, 6.45) is 2.00. The van der Waals surface area contributed by atoms with E-state index in [-0.39, 0.29) is 23.6 Å². The van der Waals surface area contributed by atoms with Gasteiger partial charge in [-0.2, -0.15) is 0 Å². The largest absolute Gasteiger partial charge is 0.325 e. The molecule has 0 aliphatic carbocycles. The molecule has 1 N–H and O–H groups in total. The lowest BCUT2D eigenvalue weighted by atomic mass is 9.88. The normalized spacial score (nSPS) is 21.0. The average molecular weight is 344 g/mol. The van der Waals surface area contributed by atoms with Gasteiger partial charge in [0, 0.05) is 23.9 Å². The number of thioether (sulfide) groups is 1. The third-order valence-corrected chi connectivity index (χ3v) is 5.30. The van der Waals surface area contributed by atoms with Crippen LogP contribution in [-0.4, -0.2) is 37.2 Å². The summed E-state index contributed by atoms with van der Waals surface area (Å²) in [5, 5.41) is 3.07. The van der Waals surface area contributed by atoms with Crippen LogP contribution in [0.25, 0.3) is 0 Å². The van der Waals surface area contributed by atoms with Crippen molar-refractivity contribution in [2.45, 2.75) is 10.8 Å². The molecule has 126 valence electrons. The number of likely N-dealkylation sites (N-methyl/N-ethyl adjacent to an activating group) is 1. The van der Waals surface area contributed by atoms with Crippen molar-refractivity contribution in [3.05, 3.63) is 59.9 Å². The molecule has 0 bridgehead atoms. The topological polar surface area (TPSA) is 32.3 Å². The first-order valence-electron chi connectivity index (χ1n) is 7.96. The molecule has 2 atom stereocenters. The van der Waals surface area contributed by atoms with Gasteiger partial charge in [-0.05, 0) is 43.1 Å². The molecule has 2 aromatic rings. The smallest absolute Gasteiger partial charge is 0.229 e. The number of nitrogens with one attached hydrogen (secondary N) is 1. The Labute approximate surface area is 146 Å². The monoisotopic (exact) mass is 344 g/mol. The van der Waals surface area contributed by atoms with Crippen LogP contribution in [0.15, 0.2) is 53.4 Å². The van der Waals surface area contributed by atoms with E-state index in [1.54, 1.807) is 23.9 Å². The van der Waals surface area contributed by atoms with Crippen LogP contribution < -0.4 is 5.32 Å². The summed E-state index contributed by atoms with van der Waals surface area (Å²) in [5.41, 5.74) is 1.86. The first kappa shape index (κ1) is 17.0. The van der Waals surface area contributed by atoms with Crippen LogP contribution in [0.2, 0.25) is 0 Å². The molecule has 3 nitrogen and oxygen atoms in total. The highest BCUT2D eigenvalue weighted by Crippen LogP contribution is 2.34. The molecule has 1 fully saturated rings. The molecule has 1 aliphatic rings. The summed E-state index contributed by atoms with van der Waals surface area (Å²) in [6.45, 7) is 1.50. The van der Waals surface area contributed by atoms with E-state index >= 15 is 0 Å². The van der Waals surface area contributed by atoms with E-state index < -0.39 is 0 Å². The van der Waals surface area contributed by atoms with Gasteiger partial charge < -0.3 is 10.2 Å². The number of halogens is 1. The standard InChI is InChI=1S/C19H21FN2OS/c1-22-11-15(13-7-9-14(20)10-8-13)16(12-22)19(23)21-17-5-3-4-6-18(17)24-2/h3-10,15-16H,11-12H2,1-2H3,(H,21,23)/t15-,16+/m1/s1. The van der Waals surface area contributed by atoms with Crippen molar-refractivity contribution in [3.8, 4) is 0 Å². The van der Waals surface area contributed by atoms with Gasteiger partial charge in [0.2, 0.25) is 5.91 Å². The Morgan fingerprint density at radius 3 is 2.58 bits per heavy atom. The molecular formula is C19H21FN2OS. The summed E-state index contributed by atoms with van der Waals surface area (Å²) >= 11 is 1.61. The summed E-state index contributed by atoms with van der Waals surface area (Å²) in [6, 6.07) is 14.3. The van der Waals surface area contributed by atoms with E-state index in [0.29, 0.717) is 6.54 Å². The van der Waals surface area contributed by atoms with Gasteiger partial charge in [0.1, 0.15) is 5.82 Å². The van der Waals surface area contributed by atoms with Crippen LogP contribution >= 0.6 is 11.8 Å². The van der Waals surface area contributed by atoms with Gasteiger partial charge in [-0.1, -0.05) is 24.3 Å². The molecule has 0 unspecified atom stereocenters. The lowest BCUT2D eigenvalue weighted by molar-refractivity contribution is -0.119. The highest BCUT2D eigenvalue weighted by Gasteiger charge is 2.37. The van der Waals surface area contributed by atoms with E-state index in [1.807, 2.05) is 37.6 Å². The van der Waals surface area contributed by atoms with Crippen LogP contribution in [-0.2, 0) is 4.79 Å². The molecular weight excluding hydrogens is 323 g/mol. The maximum Gasteiger partial charge on any atom is 0.229 e. The summed E-state index contributed by atoms with van der Waals surface area (Å²) < 4.78 is 13.2. The predicted octanol–water partition coefficient (Wildman–Crippen LogP) is 3.83. The number of hydrogen-bond donors (Lipinski definition) is 1. The number of benzene rings is 2. The fourth-order valence-electron chi connectivity index (χ4n) is 3.29. The second kappa shape index (κ2) is 7.36. The molecule has 0 saturated carbocycles. The minimum Gasteiger partial charge on any atom is -0.325 e. The van der Waals surface area contributed by atoms with Crippen molar-refractivity contribution >= 4 is 23.4 Å². The Morgan fingerprint density at radius 2 is 1.88 bits per heavy atom. The molecule has 2 aromatic carbocycles. The third kappa shape index (κ3) is 3.62. The molecule has 1 aliphatic heterocycles. The maximum absolute atomic E-state index is 13.2. The highest BCUT2D eigenvalue weighted by atomic mass is 32.2. The van der Waals surface area contributed by atoms with Gasteiger partial charge in [0.15, 0.2) is 0 Å². The molecule has 0 spiro atoms. The fraction of sp³-hybridized carbons (Fsp3) is 0.316. The Hall–Kier alpha value is -1.85. The number of hydrogen-bond acceptors (Lipinski definition) is 3. The maximum atomic E-state index is 13.2. The fourth-order valence-corrected chi connectivity index (χ4v) is 3.84. The lowest BCUT2D eigenvalue weighted by Crippen LogP contribution is -2.28. The number of rotatable bonds is 4. The number of likely N-dealkylation sites (tertiary alicyclic amines) is 1. The quantitative estimate of drug-likeness (QED) is 0.856. The van der Waals surface area contributed by atoms with Gasteiger partial charge in [0.25, 0.3) is 0 Å². The number of nitrogens with zero attached hydrogens (tertiary/aromatic N) is 1. The molecule has 1 heterocycles. The van der Waals surface area contributed by atoms with Gasteiger partial charge in [-0.15, -0.1) is 11.8 Å². The second-order valence-electron chi connectivity index (χ2n) is 6.18. The molecule has 1 saturated heterocycles. The van der Waals surface area contributed by atoms with E-state index in [0.717, 1.165) is 22.7 Å². The van der Waals surface area contributed by atoms with Crippen molar-refractivity contribution in [3.63, 3.8) is 0 Å². The average Bonchev–Trinajstić information content (AvgIpc) is 2.98. The summed E-state index contributed by atoms with van der Waals surface area (Å²) in [7, 11) is 2.01. The van der Waals surface area contributed by atoms with Crippen LogP contribution in [0.5, 0.6) is 0 Å². The van der Waals surface area contributed by atoms with E-state index in [9.17, 15) is 9.18 Å². The molecule has 24 heavy (non-hydrogen) atoms. The first-order valence-corrected chi connectivity index (χ1v) is 9.19. The van der Waals surface area contributed by atoms with Crippen molar-refractivity contribution in [2.24, 2.45) is 5.92 Å². The number of carbonyl (C=O) groups is 1. The molecule has 0 radical (unpaired) electrons. The third-order valence-electron chi connectivity index (χ3n) is 4.50. The number of carbonyl (C=O) groups excluding carboxylic acids is 1. The Kier molecular flexibility index (Phi) is 5.21. The Bertz CT molecular complexity index is 720. The molecule has 5 heteroatoms. The molecule has 1 amide bonds. The van der Waals surface area contributed by atoms with Crippen molar-refractivity contribution < 1.29 is 9.18 Å². The highest BCUT2D eigenvalue weighted by molar-refractivity contribution is 7.98. The SMILES string of the molecule is CSc1ccccc1NC(=O)[C@H]1CN(C)C[C@@H]1c1ccc(F)cc1.